The molecule has 0 radical (unpaired) electrons. The number of piperidine rings is 1. The van der Waals surface area contributed by atoms with Crippen molar-refractivity contribution < 1.29 is 5.11 Å². The number of likely N-dealkylation sites (tertiary alicyclic amines) is 1. The second-order valence-corrected chi connectivity index (χ2v) is 4.12. The minimum atomic E-state index is -0.468. The van der Waals surface area contributed by atoms with E-state index in [-0.39, 0.29) is 0 Å². The monoisotopic (exact) mass is 181 g/mol. The van der Waals surface area contributed by atoms with E-state index in [4.69, 9.17) is 6.42 Å². The van der Waals surface area contributed by atoms with Crippen LogP contribution in [0.4, 0.5) is 0 Å². The average Bonchev–Trinajstić information content (AvgIpc) is 2.04. The highest BCUT2D eigenvalue weighted by Gasteiger charge is 2.30. The van der Waals surface area contributed by atoms with Crippen LogP contribution in [0.15, 0.2) is 0 Å². The Morgan fingerprint density at radius 1 is 1.62 bits per heavy atom. The molecule has 0 aromatic heterocycles. The molecule has 1 aliphatic heterocycles. The third-order valence-corrected chi connectivity index (χ3v) is 2.71. The van der Waals surface area contributed by atoms with Gasteiger partial charge >= 0.3 is 0 Å². The maximum atomic E-state index is 10.2. The predicted octanol–water partition coefficient (Wildman–Crippen LogP) is 1.25. The molecule has 1 N–H and O–H groups in total. The summed E-state index contributed by atoms with van der Waals surface area (Å²) >= 11 is 0. The Morgan fingerprint density at radius 2 is 2.38 bits per heavy atom. The maximum Gasteiger partial charge on any atom is 0.0774 e. The maximum absolute atomic E-state index is 10.2. The third kappa shape index (κ3) is 3.38. The van der Waals surface area contributed by atoms with Gasteiger partial charge in [0.05, 0.1) is 5.60 Å². The smallest absolute Gasteiger partial charge is 0.0774 e. The van der Waals surface area contributed by atoms with Gasteiger partial charge < -0.3 is 10.0 Å². The Balaban J connectivity index is 2.32. The summed E-state index contributed by atoms with van der Waals surface area (Å²) in [5, 5.41) is 10.2. The van der Waals surface area contributed by atoms with Gasteiger partial charge in [0.25, 0.3) is 0 Å². The van der Waals surface area contributed by atoms with Crippen molar-refractivity contribution in [2.75, 3.05) is 20.1 Å². The van der Waals surface area contributed by atoms with Crippen LogP contribution in [0.1, 0.15) is 32.1 Å². The van der Waals surface area contributed by atoms with Crippen molar-refractivity contribution in [2.45, 2.75) is 37.7 Å². The van der Waals surface area contributed by atoms with Gasteiger partial charge in [-0.2, -0.15) is 0 Å². The molecule has 2 nitrogen and oxygen atoms in total. The number of terminal acetylenes is 1. The molecule has 1 rings (SSSR count). The molecule has 74 valence electrons. The predicted molar refractivity (Wildman–Crippen MR) is 54.4 cm³/mol. The highest BCUT2D eigenvalue weighted by atomic mass is 16.3. The van der Waals surface area contributed by atoms with E-state index >= 15 is 0 Å². The van der Waals surface area contributed by atoms with E-state index in [1.165, 1.54) is 0 Å². The summed E-state index contributed by atoms with van der Waals surface area (Å²) in [5.41, 5.74) is -0.468. The minimum Gasteiger partial charge on any atom is -0.389 e. The first-order valence-corrected chi connectivity index (χ1v) is 5.01. The van der Waals surface area contributed by atoms with E-state index in [0.29, 0.717) is 0 Å². The molecule has 1 fully saturated rings. The number of β-amino-alcohol motifs (C(OH)–C–C–N with tert-alkyl or cyclic N) is 1. The minimum absolute atomic E-state index is 0.468. The molecule has 0 bridgehead atoms. The van der Waals surface area contributed by atoms with Gasteiger partial charge in [0.2, 0.25) is 0 Å². The van der Waals surface area contributed by atoms with E-state index in [9.17, 15) is 5.11 Å². The van der Waals surface area contributed by atoms with Gasteiger partial charge in [-0.15, -0.1) is 12.3 Å². The van der Waals surface area contributed by atoms with Gasteiger partial charge in [-0.1, -0.05) is 0 Å². The number of hydrogen-bond donors (Lipinski definition) is 1. The first kappa shape index (κ1) is 10.6. The molecular formula is C11H19NO. The van der Waals surface area contributed by atoms with E-state index in [1.54, 1.807) is 0 Å². The molecule has 0 aliphatic carbocycles. The molecule has 1 aliphatic rings. The second-order valence-electron chi connectivity index (χ2n) is 4.12. The fourth-order valence-electron chi connectivity index (χ4n) is 2.06. The molecule has 1 unspecified atom stereocenters. The Morgan fingerprint density at radius 3 is 3.00 bits per heavy atom. The zero-order valence-corrected chi connectivity index (χ0v) is 8.42. The molecule has 0 amide bonds. The number of hydrogen-bond acceptors (Lipinski definition) is 2. The lowest BCUT2D eigenvalue weighted by molar-refractivity contribution is -0.0304. The largest absolute Gasteiger partial charge is 0.389 e. The van der Waals surface area contributed by atoms with Crippen molar-refractivity contribution >= 4 is 0 Å². The summed E-state index contributed by atoms with van der Waals surface area (Å²) in [7, 11) is 2.06. The van der Waals surface area contributed by atoms with Crippen LogP contribution >= 0.6 is 0 Å². The van der Waals surface area contributed by atoms with Gasteiger partial charge in [-0.25, -0.2) is 0 Å². The Bertz CT molecular complexity index is 197. The van der Waals surface area contributed by atoms with Crippen LogP contribution in [0.3, 0.4) is 0 Å². The molecule has 0 aromatic carbocycles. The van der Waals surface area contributed by atoms with Crippen molar-refractivity contribution in [3.8, 4) is 12.3 Å². The quantitative estimate of drug-likeness (QED) is 0.523. The molecule has 1 saturated heterocycles. The highest BCUT2D eigenvalue weighted by Crippen LogP contribution is 2.25. The lowest BCUT2D eigenvalue weighted by atomic mass is 9.88. The molecule has 0 saturated carbocycles. The van der Waals surface area contributed by atoms with Crippen molar-refractivity contribution in [3.05, 3.63) is 0 Å². The SMILES string of the molecule is C#CCCCC1(O)CCCN(C)C1. The van der Waals surface area contributed by atoms with Gasteiger partial charge in [-0.05, 0) is 39.3 Å². The summed E-state index contributed by atoms with van der Waals surface area (Å²) in [6, 6.07) is 0. The normalized spacial score (nSPS) is 29.9. The van der Waals surface area contributed by atoms with Gasteiger partial charge in [-0.3, -0.25) is 0 Å². The van der Waals surface area contributed by atoms with Gasteiger partial charge in [0.1, 0.15) is 0 Å². The van der Waals surface area contributed by atoms with Crippen LogP contribution in [0.2, 0.25) is 0 Å². The van der Waals surface area contributed by atoms with Crippen LogP contribution in [0, 0.1) is 12.3 Å². The van der Waals surface area contributed by atoms with E-state index < -0.39 is 5.60 Å². The number of unbranched alkanes of at least 4 members (excludes halogenated alkanes) is 1. The van der Waals surface area contributed by atoms with Crippen LogP contribution in [-0.2, 0) is 0 Å². The summed E-state index contributed by atoms with van der Waals surface area (Å²) in [4.78, 5) is 2.19. The van der Waals surface area contributed by atoms with Crippen molar-refractivity contribution in [2.24, 2.45) is 0 Å². The lowest BCUT2D eigenvalue weighted by Crippen LogP contribution is -2.46. The van der Waals surface area contributed by atoms with Crippen molar-refractivity contribution in [3.63, 3.8) is 0 Å². The Hall–Kier alpha value is -0.520. The zero-order valence-electron chi connectivity index (χ0n) is 8.42. The van der Waals surface area contributed by atoms with E-state index in [1.807, 2.05) is 0 Å². The average molecular weight is 181 g/mol. The highest BCUT2D eigenvalue weighted by molar-refractivity contribution is 4.89. The molecule has 13 heavy (non-hydrogen) atoms. The molecule has 0 spiro atoms. The molecule has 0 aromatic rings. The summed E-state index contributed by atoms with van der Waals surface area (Å²) in [6.45, 7) is 1.91. The Kier molecular flexibility index (Phi) is 3.77. The summed E-state index contributed by atoms with van der Waals surface area (Å²) in [6.07, 6.45) is 9.78. The first-order valence-electron chi connectivity index (χ1n) is 5.01. The molecule has 1 atom stereocenters. The lowest BCUT2D eigenvalue weighted by Gasteiger charge is -2.37. The van der Waals surface area contributed by atoms with Crippen molar-refractivity contribution in [1.82, 2.24) is 4.90 Å². The molecule has 1 heterocycles. The van der Waals surface area contributed by atoms with Gasteiger partial charge in [0, 0.05) is 13.0 Å². The number of nitrogens with zero attached hydrogens (tertiary/aromatic N) is 1. The van der Waals surface area contributed by atoms with Crippen molar-refractivity contribution in [1.29, 1.82) is 0 Å². The summed E-state index contributed by atoms with van der Waals surface area (Å²) in [5.74, 6) is 2.61. The second kappa shape index (κ2) is 4.64. The fraction of sp³-hybridized carbons (Fsp3) is 0.818. The number of likely N-dealkylation sites (N-methyl/N-ethyl adjacent to an activating group) is 1. The molecular weight excluding hydrogens is 162 g/mol. The molecule has 2 heteroatoms. The van der Waals surface area contributed by atoms with Crippen LogP contribution in [0.5, 0.6) is 0 Å². The third-order valence-electron chi connectivity index (χ3n) is 2.71. The number of aliphatic hydroxyl groups is 1. The van der Waals surface area contributed by atoms with Gasteiger partial charge in [0.15, 0.2) is 0 Å². The van der Waals surface area contributed by atoms with E-state index in [2.05, 4.69) is 17.9 Å². The Labute approximate surface area is 80.9 Å². The van der Waals surface area contributed by atoms with Crippen LogP contribution < -0.4 is 0 Å². The van der Waals surface area contributed by atoms with Crippen LogP contribution in [-0.4, -0.2) is 35.7 Å². The first-order chi connectivity index (χ1) is 6.16. The van der Waals surface area contributed by atoms with E-state index in [0.717, 1.165) is 45.2 Å². The standard InChI is InChI=1S/C11H19NO/c1-3-4-5-7-11(13)8-6-9-12(2)10-11/h1,13H,4-10H2,2H3. The fourth-order valence-corrected chi connectivity index (χ4v) is 2.06. The summed E-state index contributed by atoms with van der Waals surface area (Å²) < 4.78 is 0. The topological polar surface area (TPSA) is 23.5 Å². The number of rotatable bonds is 3. The zero-order chi connectivity index (χ0) is 9.73. The van der Waals surface area contributed by atoms with Crippen LogP contribution in [0.25, 0.3) is 0 Å².